The first-order chi connectivity index (χ1) is 12.3. The van der Waals surface area contributed by atoms with E-state index in [1.165, 1.54) is 0 Å². The summed E-state index contributed by atoms with van der Waals surface area (Å²) in [7, 11) is 0. The average molecular weight is 373 g/mol. The molecule has 0 bridgehead atoms. The van der Waals surface area contributed by atoms with Crippen LogP contribution < -0.4 is 0 Å². The third-order valence-corrected chi connectivity index (χ3v) is 3.89. The number of aliphatic carboxylic acids is 1. The van der Waals surface area contributed by atoms with Crippen LogP contribution in [0.15, 0.2) is 0 Å². The first kappa shape index (κ1) is 26.5. The fourth-order valence-corrected chi connectivity index (χ4v) is 2.00. The molecule has 0 saturated heterocycles. The van der Waals surface area contributed by atoms with Gasteiger partial charge in [0.15, 0.2) is 0 Å². The van der Waals surface area contributed by atoms with Gasteiger partial charge in [-0.3, -0.25) is 19.2 Å². The fraction of sp³-hybridized carbons (Fsp3) is 0.800. The Morgan fingerprint density at radius 1 is 0.846 bits per heavy atom. The third kappa shape index (κ3) is 17.1. The lowest BCUT2D eigenvalue weighted by molar-refractivity contribution is -0.145. The van der Waals surface area contributed by atoms with Crippen molar-refractivity contribution in [3.05, 3.63) is 0 Å². The number of ether oxygens (including phenoxy) is 1. The quantitative estimate of drug-likeness (QED) is 0.360. The van der Waals surface area contributed by atoms with Crippen LogP contribution in [0.3, 0.4) is 0 Å². The largest absolute Gasteiger partial charge is 0.481 e. The van der Waals surface area contributed by atoms with Crippen LogP contribution in [-0.2, 0) is 23.9 Å². The first-order valence-electron chi connectivity index (χ1n) is 9.73. The maximum absolute atomic E-state index is 11.0. The van der Waals surface area contributed by atoms with Crippen LogP contribution in [0.4, 0.5) is 0 Å². The molecule has 0 heterocycles. The highest BCUT2D eigenvalue weighted by Crippen LogP contribution is 2.14. The van der Waals surface area contributed by atoms with Gasteiger partial charge < -0.3 is 9.84 Å². The van der Waals surface area contributed by atoms with Crippen molar-refractivity contribution in [1.29, 1.82) is 0 Å². The highest BCUT2D eigenvalue weighted by Gasteiger charge is 2.19. The van der Waals surface area contributed by atoms with Crippen LogP contribution in [0, 0.1) is 5.92 Å². The predicted octanol–water partition coefficient (Wildman–Crippen LogP) is 4.34. The summed E-state index contributed by atoms with van der Waals surface area (Å²) in [4.78, 5) is 43.5. The molecule has 0 spiro atoms. The number of carbonyl (C=O) groups is 4. The van der Waals surface area contributed by atoms with Crippen LogP contribution in [-0.4, -0.2) is 35.2 Å². The van der Waals surface area contributed by atoms with Crippen molar-refractivity contribution in [3.63, 3.8) is 0 Å². The zero-order chi connectivity index (χ0) is 20.4. The Kier molecular flexibility index (Phi) is 18.4. The van der Waals surface area contributed by atoms with Crippen molar-refractivity contribution in [2.75, 3.05) is 6.61 Å². The predicted molar refractivity (Wildman–Crippen MR) is 101 cm³/mol. The molecule has 0 aromatic carbocycles. The Labute approximate surface area is 157 Å². The molecular formula is C20H36O6. The Bertz CT molecular complexity index is 415. The van der Waals surface area contributed by atoms with E-state index in [1.54, 1.807) is 13.8 Å². The molecular weight excluding hydrogens is 336 g/mol. The van der Waals surface area contributed by atoms with Crippen LogP contribution in [0.2, 0.25) is 0 Å². The van der Waals surface area contributed by atoms with E-state index in [0.29, 0.717) is 32.3 Å². The van der Waals surface area contributed by atoms with Crippen LogP contribution in [0.25, 0.3) is 0 Å². The molecule has 6 nitrogen and oxygen atoms in total. The molecule has 0 radical (unpaired) electrons. The summed E-state index contributed by atoms with van der Waals surface area (Å²) in [6.45, 7) is 8.09. The normalized spacial score (nSPS) is 11.1. The molecule has 1 N–H and O–H groups in total. The van der Waals surface area contributed by atoms with Crippen molar-refractivity contribution in [2.24, 2.45) is 5.92 Å². The van der Waals surface area contributed by atoms with Crippen molar-refractivity contribution in [2.45, 2.75) is 91.9 Å². The molecule has 0 aromatic rings. The Hall–Kier alpha value is -1.72. The second kappa shape index (κ2) is 18.1. The maximum atomic E-state index is 11.0. The number of carboxylic acid groups (broad SMARTS) is 1. The van der Waals surface area contributed by atoms with Crippen molar-refractivity contribution in [3.8, 4) is 0 Å². The van der Waals surface area contributed by atoms with Gasteiger partial charge in [-0.15, -0.1) is 0 Å². The van der Waals surface area contributed by atoms with E-state index in [2.05, 4.69) is 0 Å². The highest BCUT2D eigenvalue weighted by atomic mass is 16.5. The van der Waals surface area contributed by atoms with Crippen LogP contribution in [0.5, 0.6) is 0 Å². The SMILES string of the molecule is CCCCC(CC(=O)CC)C(=O)O.CCCCOC(=O)CCC(=O)CC. The lowest BCUT2D eigenvalue weighted by Gasteiger charge is -2.09. The molecule has 0 aliphatic rings. The second-order valence-corrected chi connectivity index (χ2v) is 6.24. The fourth-order valence-electron chi connectivity index (χ4n) is 2.00. The summed E-state index contributed by atoms with van der Waals surface area (Å²) in [5.74, 6) is -1.39. The second-order valence-electron chi connectivity index (χ2n) is 6.24. The van der Waals surface area contributed by atoms with Gasteiger partial charge in [0, 0.05) is 25.7 Å². The summed E-state index contributed by atoms with van der Waals surface area (Å²) in [5.41, 5.74) is 0. The van der Waals surface area contributed by atoms with Gasteiger partial charge in [0.1, 0.15) is 11.6 Å². The topological polar surface area (TPSA) is 97.7 Å². The van der Waals surface area contributed by atoms with Crippen LogP contribution in [0.1, 0.15) is 91.9 Å². The molecule has 0 aromatic heterocycles. The van der Waals surface area contributed by atoms with Gasteiger partial charge in [0.2, 0.25) is 0 Å². The minimum atomic E-state index is -0.838. The van der Waals surface area contributed by atoms with Crippen molar-refractivity contribution >= 4 is 23.5 Å². The highest BCUT2D eigenvalue weighted by molar-refractivity contribution is 5.83. The lowest BCUT2D eigenvalue weighted by atomic mass is 9.96. The monoisotopic (exact) mass is 372 g/mol. The van der Waals surface area contributed by atoms with E-state index in [0.717, 1.165) is 25.7 Å². The minimum absolute atomic E-state index is 0.0449. The number of unbranched alkanes of at least 4 members (excludes halogenated alkanes) is 2. The van der Waals surface area contributed by atoms with Crippen molar-refractivity contribution in [1.82, 2.24) is 0 Å². The molecule has 0 rings (SSSR count). The summed E-state index contributed by atoms with van der Waals surface area (Å²) >= 11 is 0. The smallest absolute Gasteiger partial charge is 0.306 e. The van der Waals surface area contributed by atoms with Gasteiger partial charge in [-0.1, -0.05) is 47.0 Å². The molecule has 152 valence electrons. The Morgan fingerprint density at radius 2 is 1.42 bits per heavy atom. The van der Waals surface area contributed by atoms with Gasteiger partial charge in [-0.2, -0.15) is 0 Å². The first-order valence-corrected chi connectivity index (χ1v) is 9.73. The van der Waals surface area contributed by atoms with Crippen molar-refractivity contribution < 1.29 is 29.0 Å². The Balaban J connectivity index is 0. The number of esters is 1. The minimum Gasteiger partial charge on any atom is -0.481 e. The van der Waals surface area contributed by atoms with Gasteiger partial charge in [0.05, 0.1) is 18.9 Å². The van der Waals surface area contributed by atoms with E-state index in [9.17, 15) is 19.2 Å². The van der Waals surface area contributed by atoms with Crippen LogP contribution >= 0.6 is 0 Å². The molecule has 6 heteroatoms. The van der Waals surface area contributed by atoms with E-state index >= 15 is 0 Å². The summed E-state index contributed by atoms with van der Waals surface area (Å²) in [5, 5.41) is 8.79. The van der Waals surface area contributed by atoms with E-state index in [-0.39, 0.29) is 30.4 Å². The molecule has 26 heavy (non-hydrogen) atoms. The average Bonchev–Trinajstić information content (AvgIpc) is 2.63. The zero-order valence-electron chi connectivity index (χ0n) is 16.8. The number of carboxylic acids is 1. The van der Waals surface area contributed by atoms with E-state index < -0.39 is 11.9 Å². The standard InChI is InChI=1S/2C10H18O3/c1-3-5-8-13-10(12)7-6-9(11)4-2;1-3-5-6-8(10(12)13)7-9(11)4-2/h3-8H2,1-2H3;8H,3-7H2,1-2H3,(H,12,13). The Morgan fingerprint density at radius 3 is 1.88 bits per heavy atom. The van der Waals surface area contributed by atoms with Gasteiger partial charge in [-0.05, 0) is 12.8 Å². The molecule has 0 aliphatic heterocycles. The molecule has 1 atom stereocenters. The molecule has 0 amide bonds. The van der Waals surface area contributed by atoms with E-state index in [1.807, 2.05) is 13.8 Å². The molecule has 0 fully saturated rings. The van der Waals surface area contributed by atoms with Gasteiger partial charge in [0.25, 0.3) is 0 Å². The number of carbonyl (C=O) groups excluding carboxylic acids is 3. The van der Waals surface area contributed by atoms with E-state index in [4.69, 9.17) is 9.84 Å². The zero-order valence-corrected chi connectivity index (χ0v) is 16.8. The molecule has 0 saturated carbocycles. The molecule has 1 unspecified atom stereocenters. The van der Waals surface area contributed by atoms with Gasteiger partial charge >= 0.3 is 11.9 Å². The summed E-state index contributed by atoms with van der Waals surface area (Å²) in [6.07, 6.45) is 6.09. The summed E-state index contributed by atoms with van der Waals surface area (Å²) < 4.78 is 4.89. The number of rotatable bonds is 14. The lowest BCUT2D eigenvalue weighted by Crippen LogP contribution is -2.17. The number of ketones is 2. The third-order valence-electron chi connectivity index (χ3n) is 3.89. The number of hydrogen-bond acceptors (Lipinski definition) is 5. The summed E-state index contributed by atoms with van der Waals surface area (Å²) in [6, 6.07) is 0. The van der Waals surface area contributed by atoms with Gasteiger partial charge in [-0.25, -0.2) is 0 Å². The molecule has 0 aliphatic carbocycles. The maximum Gasteiger partial charge on any atom is 0.306 e. The number of hydrogen-bond donors (Lipinski definition) is 1. The number of Topliss-reactive ketones (excluding diaryl/α,β-unsaturated/α-hetero) is 2.